The van der Waals surface area contributed by atoms with E-state index in [0.29, 0.717) is 35.4 Å². The van der Waals surface area contributed by atoms with Gasteiger partial charge in [-0.2, -0.15) is 0 Å². The number of likely N-dealkylation sites (tertiary alicyclic amines) is 1. The molecule has 2 aliphatic rings. The number of amides is 1. The van der Waals surface area contributed by atoms with Crippen LogP contribution in [0.4, 0.5) is 0 Å². The van der Waals surface area contributed by atoms with Gasteiger partial charge in [0.25, 0.3) is 11.8 Å². The zero-order valence-electron chi connectivity index (χ0n) is 14.5. The quantitative estimate of drug-likeness (QED) is 0.688. The topological polar surface area (TPSA) is 77.7 Å². The van der Waals surface area contributed by atoms with E-state index in [1.807, 2.05) is 22.4 Å². The third-order valence-corrected chi connectivity index (χ3v) is 5.71. The minimum Gasteiger partial charge on any atom is -0.454 e. The number of carbonyl (C=O) groups excluding carboxylic acids is 1. The summed E-state index contributed by atoms with van der Waals surface area (Å²) < 4.78 is 16.6. The Labute approximate surface area is 159 Å². The SMILES string of the molecule is O=C(c1ccc2c(c1)OCO2)N1CCC[C@H](c2nnc(-c3cccs3)o2)C1. The van der Waals surface area contributed by atoms with Crippen LogP contribution in [-0.4, -0.2) is 40.9 Å². The summed E-state index contributed by atoms with van der Waals surface area (Å²) in [5, 5.41) is 10.4. The van der Waals surface area contributed by atoms with Crippen molar-refractivity contribution in [1.82, 2.24) is 15.1 Å². The van der Waals surface area contributed by atoms with Crippen LogP contribution in [0.15, 0.2) is 40.1 Å². The molecule has 1 amide bonds. The molecule has 2 aliphatic heterocycles. The summed E-state index contributed by atoms with van der Waals surface area (Å²) in [6, 6.07) is 9.22. The van der Waals surface area contributed by atoms with Gasteiger partial charge in [0.05, 0.1) is 10.8 Å². The molecule has 0 spiro atoms. The van der Waals surface area contributed by atoms with Gasteiger partial charge in [-0.15, -0.1) is 21.5 Å². The molecule has 2 aromatic heterocycles. The number of ether oxygens (including phenoxy) is 2. The van der Waals surface area contributed by atoms with E-state index in [9.17, 15) is 4.79 Å². The van der Waals surface area contributed by atoms with Crippen molar-refractivity contribution in [2.24, 2.45) is 0 Å². The maximum Gasteiger partial charge on any atom is 0.257 e. The summed E-state index contributed by atoms with van der Waals surface area (Å²) >= 11 is 1.57. The van der Waals surface area contributed by atoms with Crippen molar-refractivity contribution in [3.05, 3.63) is 47.2 Å². The monoisotopic (exact) mass is 383 g/mol. The first-order valence-corrected chi connectivity index (χ1v) is 9.72. The summed E-state index contributed by atoms with van der Waals surface area (Å²) in [4.78, 5) is 15.7. The number of piperidine rings is 1. The average molecular weight is 383 g/mol. The van der Waals surface area contributed by atoms with Gasteiger partial charge in [0.1, 0.15) is 0 Å². The van der Waals surface area contributed by atoms with Gasteiger partial charge < -0.3 is 18.8 Å². The van der Waals surface area contributed by atoms with Crippen LogP contribution in [0, 0.1) is 0 Å². The van der Waals surface area contributed by atoms with Crippen LogP contribution in [-0.2, 0) is 0 Å². The molecule has 5 rings (SSSR count). The van der Waals surface area contributed by atoms with Crippen molar-refractivity contribution in [3.8, 4) is 22.3 Å². The van der Waals surface area contributed by atoms with Crippen LogP contribution in [0.2, 0.25) is 0 Å². The van der Waals surface area contributed by atoms with Gasteiger partial charge in [-0.05, 0) is 42.5 Å². The van der Waals surface area contributed by atoms with Crippen LogP contribution in [0.3, 0.4) is 0 Å². The van der Waals surface area contributed by atoms with E-state index in [1.54, 1.807) is 29.5 Å². The standard InChI is InChI=1S/C19H17N3O4S/c23-19(12-5-6-14-15(9-12)25-11-24-14)22-7-1-3-13(10-22)17-20-21-18(26-17)16-4-2-8-27-16/h2,4-6,8-9,13H,1,3,7,10-11H2/t13-/m0/s1. The van der Waals surface area contributed by atoms with Gasteiger partial charge >= 0.3 is 0 Å². The fraction of sp³-hybridized carbons (Fsp3) is 0.316. The summed E-state index contributed by atoms with van der Waals surface area (Å²) in [5.41, 5.74) is 0.602. The first-order chi connectivity index (χ1) is 13.3. The van der Waals surface area contributed by atoms with E-state index in [4.69, 9.17) is 13.9 Å². The lowest BCUT2D eigenvalue weighted by molar-refractivity contribution is 0.0698. The molecule has 27 heavy (non-hydrogen) atoms. The maximum atomic E-state index is 12.9. The van der Waals surface area contributed by atoms with Gasteiger partial charge in [0.2, 0.25) is 12.7 Å². The molecular weight excluding hydrogens is 366 g/mol. The van der Waals surface area contributed by atoms with E-state index in [1.165, 1.54) is 0 Å². The number of hydrogen-bond acceptors (Lipinski definition) is 7. The summed E-state index contributed by atoms with van der Waals surface area (Å²) in [6.45, 7) is 1.48. The Bertz CT molecular complexity index is 969. The van der Waals surface area contributed by atoms with Gasteiger partial charge in [-0.1, -0.05) is 6.07 Å². The molecule has 0 radical (unpaired) electrons. The van der Waals surface area contributed by atoms with E-state index in [2.05, 4.69) is 10.2 Å². The number of hydrogen-bond donors (Lipinski definition) is 0. The highest BCUT2D eigenvalue weighted by Gasteiger charge is 2.30. The van der Waals surface area contributed by atoms with Crippen molar-refractivity contribution < 1.29 is 18.7 Å². The predicted octanol–water partition coefficient (Wildman–Crippen LogP) is 3.55. The Kier molecular flexibility index (Phi) is 4.05. The summed E-state index contributed by atoms with van der Waals surface area (Å²) in [7, 11) is 0. The molecule has 1 aromatic carbocycles. The maximum absolute atomic E-state index is 12.9. The lowest BCUT2D eigenvalue weighted by Gasteiger charge is -2.31. The first-order valence-electron chi connectivity index (χ1n) is 8.84. The first kappa shape index (κ1) is 16.3. The number of aromatic nitrogens is 2. The van der Waals surface area contributed by atoms with Gasteiger partial charge in [0.15, 0.2) is 11.5 Å². The number of thiophene rings is 1. The second kappa shape index (κ2) is 6.70. The molecule has 0 unspecified atom stereocenters. The molecular formula is C19H17N3O4S. The van der Waals surface area contributed by atoms with E-state index >= 15 is 0 Å². The van der Waals surface area contributed by atoms with Crippen LogP contribution >= 0.6 is 11.3 Å². The molecule has 138 valence electrons. The van der Waals surface area contributed by atoms with Crippen molar-refractivity contribution in [1.29, 1.82) is 0 Å². The second-order valence-corrected chi connectivity index (χ2v) is 7.53. The third kappa shape index (κ3) is 3.06. The molecule has 0 aliphatic carbocycles. The molecule has 0 saturated carbocycles. The second-order valence-electron chi connectivity index (χ2n) is 6.58. The van der Waals surface area contributed by atoms with Crippen LogP contribution in [0.1, 0.15) is 35.0 Å². The molecule has 1 atom stereocenters. The Morgan fingerprint density at radius 3 is 3.00 bits per heavy atom. The predicted molar refractivity (Wildman–Crippen MR) is 98.1 cm³/mol. The summed E-state index contributed by atoms with van der Waals surface area (Å²) in [6.07, 6.45) is 1.83. The minimum atomic E-state index is -0.0176. The molecule has 0 N–H and O–H groups in total. The molecule has 7 nitrogen and oxygen atoms in total. The molecule has 4 heterocycles. The van der Waals surface area contributed by atoms with Gasteiger partial charge in [-0.25, -0.2) is 0 Å². The lowest BCUT2D eigenvalue weighted by Crippen LogP contribution is -2.39. The van der Waals surface area contributed by atoms with Crippen molar-refractivity contribution >= 4 is 17.2 Å². The molecule has 1 fully saturated rings. The van der Waals surface area contributed by atoms with Gasteiger partial charge in [0, 0.05) is 18.7 Å². The largest absolute Gasteiger partial charge is 0.454 e. The zero-order chi connectivity index (χ0) is 18.2. The Morgan fingerprint density at radius 2 is 2.11 bits per heavy atom. The van der Waals surface area contributed by atoms with Crippen LogP contribution in [0.25, 0.3) is 10.8 Å². The van der Waals surface area contributed by atoms with Crippen LogP contribution < -0.4 is 9.47 Å². The third-order valence-electron chi connectivity index (χ3n) is 4.85. The molecule has 3 aromatic rings. The number of carbonyl (C=O) groups is 1. The number of rotatable bonds is 3. The average Bonchev–Trinajstić information content (AvgIpc) is 3.47. The smallest absolute Gasteiger partial charge is 0.257 e. The van der Waals surface area contributed by atoms with Gasteiger partial charge in [-0.3, -0.25) is 4.79 Å². The molecule has 1 saturated heterocycles. The van der Waals surface area contributed by atoms with Crippen molar-refractivity contribution in [2.45, 2.75) is 18.8 Å². The zero-order valence-corrected chi connectivity index (χ0v) is 15.3. The highest BCUT2D eigenvalue weighted by Crippen LogP contribution is 2.34. The van der Waals surface area contributed by atoms with E-state index in [0.717, 1.165) is 24.3 Å². The molecule has 0 bridgehead atoms. The number of benzene rings is 1. The fourth-order valence-corrected chi connectivity index (χ4v) is 4.12. The Hall–Kier alpha value is -2.87. The number of nitrogens with zero attached hydrogens (tertiary/aromatic N) is 3. The Morgan fingerprint density at radius 1 is 1.19 bits per heavy atom. The fourth-order valence-electron chi connectivity index (χ4n) is 3.47. The van der Waals surface area contributed by atoms with Crippen molar-refractivity contribution in [3.63, 3.8) is 0 Å². The van der Waals surface area contributed by atoms with E-state index < -0.39 is 0 Å². The lowest BCUT2D eigenvalue weighted by atomic mass is 9.97. The highest BCUT2D eigenvalue weighted by atomic mass is 32.1. The van der Waals surface area contributed by atoms with E-state index in [-0.39, 0.29) is 18.6 Å². The summed E-state index contributed by atoms with van der Waals surface area (Å²) in [5.74, 6) is 2.47. The number of fused-ring (bicyclic) bond motifs is 1. The van der Waals surface area contributed by atoms with Crippen LogP contribution in [0.5, 0.6) is 11.5 Å². The minimum absolute atomic E-state index is 0.0176. The Balaban J connectivity index is 1.33. The van der Waals surface area contributed by atoms with Crippen molar-refractivity contribution in [2.75, 3.05) is 19.9 Å². The molecule has 8 heteroatoms. The highest BCUT2D eigenvalue weighted by molar-refractivity contribution is 7.13. The normalized spacial score (nSPS) is 18.7.